The van der Waals surface area contributed by atoms with Gasteiger partial charge in [-0.25, -0.2) is 0 Å². The van der Waals surface area contributed by atoms with E-state index in [2.05, 4.69) is 16.7 Å². The smallest absolute Gasteiger partial charge is 0.224 e. The van der Waals surface area contributed by atoms with Crippen molar-refractivity contribution in [3.05, 3.63) is 29.8 Å². The van der Waals surface area contributed by atoms with Crippen molar-refractivity contribution in [1.29, 1.82) is 5.26 Å². The zero-order valence-electron chi connectivity index (χ0n) is 19.4. The molecule has 32 heavy (non-hydrogen) atoms. The summed E-state index contributed by atoms with van der Waals surface area (Å²) >= 11 is 0. The number of hydrogen-bond donors (Lipinski definition) is 2. The second-order valence-electron chi connectivity index (χ2n) is 10.5. The molecule has 3 rings (SSSR count). The third-order valence-electron chi connectivity index (χ3n) is 6.51. The van der Waals surface area contributed by atoms with Gasteiger partial charge in [0.1, 0.15) is 11.8 Å². The molecule has 1 aromatic rings. The first-order valence-corrected chi connectivity index (χ1v) is 11.8. The molecule has 1 aliphatic heterocycles. The summed E-state index contributed by atoms with van der Waals surface area (Å²) in [7, 11) is 0. The van der Waals surface area contributed by atoms with Crippen molar-refractivity contribution in [3.63, 3.8) is 0 Å². The Morgan fingerprint density at radius 1 is 1.25 bits per heavy atom. The lowest BCUT2D eigenvalue weighted by Crippen LogP contribution is -2.43. The van der Waals surface area contributed by atoms with Gasteiger partial charge in [0, 0.05) is 36.8 Å². The zero-order valence-corrected chi connectivity index (χ0v) is 19.4. The largest absolute Gasteiger partial charge is 0.375 e. The monoisotopic (exact) mass is 437 g/mol. The molecular formula is C26H35N3O3. The summed E-state index contributed by atoms with van der Waals surface area (Å²) in [6, 6.07) is 9.00. The predicted octanol–water partition coefficient (Wildman–Crippen LogP) is 4.19. The molecule has 0 saturated heterocycles. The van der Waals surface area contributed by atoms with E-state index >= 15 is 0 Å². The van der Waals surface area contributed by atoms with Gasteiger partial charge < -0.3 is 10.6 Å². The minimum Gasteiger partial charge on any atom is -0.375 e. The molecule has 172 valence electrons. The van der Waals surface area contributed by atoms with E-state index in [0.717, 1.165) is 30.5 Å². The third-order valence-corrected chi connectivity index (χ3v) is 6.51. The Morgan fingerprint density at radius 2 is 2.00 bits per heavy atom. The summed E-state index contributed by atoms with van der Waals surface area (Å²) in [6.07, 6.45) is 4.91. The second-order valence-corrected chi connectivity index (χ2v) is 10.5. The molecule has 1 heterocycles. The molecule has 6 heteroatoms. The number of nitrogens with zero attached hydrogens (tertiary/aromatic N) is 1. The van der Waals surface area contributed by atoms with Crippen molar-refractivity contribution in [1.82, 2.24) is 5.32 Å². The van der Waals surface area contributed by atoms with Crippen LogP contribution in [0.25, 0.3) is 0 Å². The van der Waals surface area contributed by atoms with Crippen LogP contribution < -0.4 is 10.6 Å². The quantitative estimate of drug-likeness (QED) is 0.635. The Labute approximate surface area is 191 Å². The summed E-state index contributed by atoms with van der Waals surface area (Å²) in [6.45, 7) is 6.14. The highest BCUT2D eigenvalue weighted by Gasteiger charge is 2.34. The summed E-state index contributed by atoms with van der Waals surface area (Å²) in [4.78, 5) is 38.4. The first kappa shape index (κ1) is 24.0. The van der Waals surface area contributed by atoms with Gasteiger partial charge in [0.25, 0.3) is 0 Å². The molecule has 0 aromatic heterocycles. The third kappa shape index (κ3) is 6.41. The fourth-order valence-electron chi connectivity index (χ4n) is 4.90. The number of rotatable bonds is 8. The molecule has 2 aliphatic rings. The van der Waals surface area contributed by atoms with E-state index in [-0.39, 0.29) is 41.3 Å². The van der Waals surface area contributed by atoms with Crippen LogP contribution in [0.4, 0.5) is 5.69 Å². The van der Waals surface area contributed by atoms with E-state index in [0.29, 0.717) is 25.7 Å². The van der Waals surface area contributed by atoms with Crippen molar-refractivity contribution < 1.29 is 14.4 Å². The van der Waals surface area contributed by atoms with Gasteiger partial charge in [-0.3, -0.25) is 14.4 Å². The number of fused-ring (bicyclic) bond motifs is 1. The summed E-state index contributed by atoms with van der Waals surface area (Å²) < 4.78 is 0. The van der Waals surface area contributed by atoms with Crippen LogP contribution in [-0.2, 0) is 20.8 Å². The van der Waals surface area contributed by atoms with E-state index in [9.17, 15) is 19.6 Å². The van der Waals surface area contributed by atoms with Gasteiger partial charge in [-0.1, -0.05) is 45.4 Å². The molecule has 1 saturated carbocycles. The van der Waals surface area contributed by atoms with Crippen molar-refractivity contribution in [2.24, 2.45) is 17.3 Å². The molecule has 1 unspecified atom stereocenters. The van der Waals surface area contributed by atoms with Crippen LogP contribution in [-0.4, -0.2) is 29.6 Å². The number of hydrogen-bond acceptors (Lipinski definition) is 5. The van der Waals surface area contributed by atoms with E-state index in [1.54, 1.807) is 0 Å². The molecule has 2 N–H and O–H groups in total. The molecule has 1 aliphatic carbocycles. The van der Waals surface area contributed by atoms with Gasteiger partial charge >= 0.3 is 0 Å². The number of nitrogens with one attached hydrogen (secondary N) is 2. The van der Waals surface area contributed by atoms with Crippen LogP contribution in [0, 0.1) is 28.6 Å². The lowest BCUT2D eigenvalue weighted by atomic mass is 9.80. The molecular weight excluding hydrogens is 402 g/mol. The van der Waals surface area contributed by atoms with Crippen molar-refractivity contribution in [3.8, 4) is 6.07 Å². The number of anilines is 1. The highest BCUT2D eigenvalue weighted by Crippen LogP contribution is 2.31. The van der Waals surface area contributed by atoms with Crippen molar-refractivity contribution in [2.75, 3.05) is 5.32 Å². The van der Waals surface area contributed by atoms with Gasteiger partial charge in [0.2, 0.25) is 5.91 Å². The Bertz CT molecular complexity index is 871. The summed E-state index contributed by atoms with van der Waals surface area (Å²) in [5.74, 6) is -0.720. The zero-order chi connectivity index (χ0) is 23.3. The van der Waals surface area contributed by atoms with E-state index in [4.69, 9.17) is 0 Å². The van der Waals surface area contributed by atoms with Crippen LogP contribution in [0.15, 0.2) is 24.3 Å². The molecule has 1 fully saturated rings. The Kier molecular flexibility index (Phi) is 7.71. The van der Waals surface area contributed by atoms with Gasteiger partial charge in [-0.2, -0.15) is 5.26 Å². The first-order chi connectivity index (χ1) is 15.2. The van der Waals surface area contributed by atoms with Crippen LogP contribution in [0.2, 0.25) is 0 Å². The molecule has 1 amide bonds. The van der Waals surface area contributed by atoms with E-state index in [1.807, 2.05) is 45.0 Å². The number of para-hydroxylation sites is 1. The first-order valence-electron chi connectivity index (χ1n) is 11.8. The lowest BCUT2D eigenvalue weighted by molar-refractivity contribution is -0.131. The number of Topliss-reactive ketones (excluding diaryl/α,β-unsaturated/α-hetero) is 2. The number of nitriles is 1. The molecule has 4 atom stereocenters. The van der Waals surface area contributed by atoms with Gasteiger partial charge in [0.05, 0.1) is 12.1 Å². The number of carbonyl (C=O) groups is 3. The minimum absolute atomic E-state index is 0.0153. The molecule has 0 radical (unpaired) electrons. The maximum atomic E-state index is 13.2. The fraction of sp³-hybridized carbons (Fsp3) is 0.615. The SMILES string of the molecule is CC(C)(C)C[C@H](CC(=O)C1Cc2ccccc2N1)C(=O)N[C@H](C#N)C[C@@H]1CCCCC1=O. The van der Waals surface area contributed by atoms with Crippen molar-refractivity contribution in [2.45, 2.75) is 84.2 Å². The fourth-order valence-corrected chi connectivity index (χ4v) is 4.90. The lowest BCUT2D eigenvalue weighted by Gasteiger charge is -2.28. The molecule has 0 spiro atoms. The Hall–Kier alpha value is -2.68. The highest BCUT2D eigenvalue weighted by atomic mass is 16.2. The maximum absolute atomic E-state index is 13.2. The second kappa shape index (κ2) is 10.3. The number of amides is 1. The molecule has 1 aromatic carbocycles. The van der Waals surface area contributed by atoms with Crippen LogP contribution in [0.5, 0.6) is 0 Å². The topological polar surface area (TPSA) is 99.1 Å². The van der Waals surface area contributed by atoms with Gasteiger partial charge in [-0.05, 0) is 42.7 Å². The normalized spacial score (nSPS) is 22.2. The molecule has 6 nitrogen and oxygen atoms in total. The van der Waals surface area contributed by atoms with Gasteiger partial charge in [0.15, 0.2) is 5.78 Å². The van der Waals surface area contributed by atoms with E-state index in [1.165, 1.54) is 0 Å². The average molecular weight is 438 g/mol. The summed E-state index contributed by atoms with van der Waals surface area (Å²) in [5.41, 5.74) is 1.95. The van der Waals surface area contributed by atoms with Crippen LogP contribution in [0.3, 0.4) is 0 Å². The average Bonchev–Trinajstić information content (AvgIpc) is 3.17. The predicted molar refractivity (Wildman–Crippen MR) is 124 cm³/mol. The van der Waals surface area contributed by atoms with Crippen LogP contribution >= 0.6 is 0 Å². The summed E-state index contributed by atoms with van der Waals surface area (Å²) in [5, 5.41) is 15.7. The number of carbonyl (C=O) groups excluding carboxylic acids is 3. The van der Waals surface area contributed by atoms with Crippen molar-refractivity contribution >= 4 is 23.2 Å². The highest BCUT2D eigenvalue weighted by molar-refractivity contribution is 5.93. The number of ketones is 2. The van der Waals surface area contributed by atoms with E-state index < -0.39 is 12.0 Å². The maximum Gasteiger partial charge on any atom is 0.224 e. The number of benzene rings is 1. The Balaban J connectivity index is 1.63. The van der Waals surface area contributed by atoms with Crippen LogP contribution in [0.1, 0.15) is 71.3 Å². The Morgan fingerprint density at radius 3 is 2.66 bits per heavy atom. The minimum atomic E-state index is -0.707. The molecule has 0 bridgehead atoms. The van der Waals surface area contributed by atoms with Gasteiger partial charge in [-0.15, -0.1) is 0 Å². The standard InChI is InChI=1S/C26H35N3O3/c1-26(2,3)15-19(14-24(31)22-13-17-8-4-6-10-21(17)29-22)25(32)28-20(16-27)12-18-9-5-7-11-23(18)30/h4,6,8,10,18-20,22,29H,5,7,9,11-15H2,1-3H3,(H,28,32)/t18-,19-,20-,22?/m0/s1.